The molecule has 9 heteroatoms. The lowest BCUT2D eigenvalue weighted by atomic mass is 10.1. The smallest absolute Gasteiger partial charge is 0.277 e. The van der Waals surface area contributed by atoms with Crippen LogP contribution in [0.5, 0.6) is 0 Å². The number of benzene rings is 1. The van der Waals surface area contributed by atoms with Crippen LogP contribution in [0.1, 0.15) is 16.8 Å². The van der Waals surface area contributed by atoms with E-state index in [-0.39, 0.29) is 12.1 Å². The molecule has 1 fully saturated rings. The Labute approximate surface area is 112 Å². The maximum atomic E-state index is 12.1. The number of β-amino-alcohol motifs (C(OH)–C–C–N with tert-alkyl or cyclic N) is 1. The van der Waals surface area contributed by atoms with Gasteiger partial charge in [-0.15, -0.1) is 0 Å². The van der Waals surface area contributed by atoms with E-state index in [1.54, 1.807) is 0 Å². The fraction of sp³-hybridized carbons (Fsp3) is 0.364. The van der Waals surface area contributed by atoms with Gasteiger partial charge in [0.1, 0.15) is 0 Å². The number of amides is 1. The summed E-state index contributed by atoms with van der Waals surface area (Å²) >= 11 is 0. The zero-order chi connectivity index (χ0) is 14.9. The summed E-state index contributed by atoms with van der Waals surface area (Å²) < 4.78 is 0. The van der Waals surface area contributed by atoms with Crippen LogP contribution < -0.4 is 0 Å². The van der Waals surface area contributed by atoms with Gasteiger partial charge in [-0.25, -0.2) is 0 Å². The van der Waals surface area contributed by atoms with Gasteiger partial charge >= 0.3 is 0 Å². The van der Waals surface area contributed by atoms with Crippen molar-refractivity contribution in [1.29, 1.82) is 0 Å². The molecule has 1 aromatic carbocycles. The molecule has 1 saturated heterocycles. The van der Waals surface area contributed by atoms with Crippen molar-refractivity contribution >= 4 is 17.3 Å². The fourth-order valence-corrected chi connectivity index (χ4v) is 2.04. The number of carbonyl (C=O) groups is 1. The Morgan fingerprint density at radius 2 is 1.75 bits per heavy atom. The van der Waals surface area contributed by atoms with E-state index in [1.807, 2.05) is 0 Å². The summed E-state index contributed by atoms with van der Waals surface area (Å²) in [6.07, 6.45) is -0.212. The molecule has 2 rings (SSSR count). The lowest BCUT2D eigenvalue weighted by Gasteiger charge is -2.15. The molecule has 0 bridgehead atoms. The standard InChI is InChI=1S/C11H11N3O6/c15-10-1-2-12(6-10)11(16)7-3-8(13(17)18)5-9(4-7)14(19)20/h3-5,10,15H,1-2,6H2. The number of aliphatic hydroxyl groups is 1. The van der Waals surface area contributed by atoms with Crippen LogP contribution in [-0.2, 0) is 0 Å². The molecule has 1 N–H and O–H groups in total. The first kappa shape index (κ1) is 13.9. The van der Waals surface area contributed by atoms with Crippen LogP contribution in [0.4, 0.5) is 11.4 Å². The van der Waals surface area contributed by atoms with Gasteiger partial charge in [-0.05, 0) is 6.42 Å². The van der Waals surface area contributed by atoms with Gasteiger partial charge in [-0.3, -0.25) is 25.0 Å². The van der Waals surface area contributed by atoms with Crippen LogP contribution in [0.15, 0.2) is 18.2 Å². The zero-order valence-electron chi connectivity index (χ0n) is 10.3. The zero-order valence-corrected chi connectivity index (χ0v) is 10.3. The molecule has 0 aliphatic carbocycles. The van der Waals surface area contributed by atoms with Crippen molar-refractivity contribution in [2.45, 2.75) is 12.5 Å². The Balaban J connectivity index is 2.37. The van der Waals surface area contributed by atoms with Crippen molar-refractivity contribution in [2.24, 2.45) is 0 Å². The molecule has 1 heterocycles. The number of hydrogen-bond donors (Lipinski definition) is 1. The van der Waals surface area contributed by atoms with Gasteiger partial charge in [0.15, 0.2) is 0 Å². The first-order chi connectivity index (χ1) is 9.38. The van der Waals surface area contributed by atoms with Gasteiger partial charge in [0, 0.05) is 25.2 Å². The second kappa shape index (κ2) is 5.21. The fourth-order valence-electron chi connectivity index (χ4n) is 2.04. The average molecular weight is 281 g/mol. The number of aliphatic hydroxyl groups excluding tert-OH is 1. The van der Waals surface area contributed by atoms with Crippen molar-refractivity contribution in [3.8, 4) is 0 Å². The molecule has 0 spiro atoms. The van der Waals surface area contributed by atoms with Gasteiger partial charge in [-0.1, -0.05) is 0 Å². The summed E-state index contributed by atoms with van der Waals surface area (Å²) in [6, 6.07) is 2.80. The highest BCUT2D eigenvalue weighted by Crippen LogP contribution is 2.24. The number of hydrogen-bond acceptors (Lipinski definition) is 6. The quantitative estimate of drug-likeness (QED) is 0.642. The normalized spacial score (nSPS) is 18.1. The minimum absolute atomic E-state index is 0.120. The highest BCUT2D eigenvalue weighted by atomic mass is 16.6. The van der Waals surface area contributed by atoms with Crippen molar-refractivity contribution < 1.29 is 19.7 Å². The van der Waals surface area contributed by atoms with E-state index in [1.165, 1.54) is 4.90 Å². The molecule has 106 valence electrons. The third-order valence-corrected chi connectivity index (χ3v) is 3.02. The van der Waals surface area contributed by atoms with Gasteiger partial charge in [0.25, 0.3) is 17.3 Å². The first-order valence-electron chi connectivity index (χ1n) is 5.79. The van der Waals surface area contributed by atoms with E-state index in [9.17, 15) is 30.1 Å². The molecule has 0 aromatic heterocycles. The molecule has 1 atom stereocenters. The van der Waals surface area contributed by atoms with Gasteiger partial charge in [0.05, 0.1) is 27.6 Å². The largest absolute Gasteiger partial charge is 0.391 e. The van der Waals surface area contributed by atoms with E-state index in [0.717, 1.165) is 18.2 Å². The van der Waals surface area contributed by atoms with Gasteiger partial charge in [0.2, 0.25) is 0 Å². The monoisotopic (exact) mass is 281 g/mol. The topological polar surface area (TPSA) is 127 Å². The number of rotatable bonds is 3. The summed E-state index contributed by atoms with van der Waals surface area (Å²) in [7, 11) is 0. The number of nitrogens with zero attached hydrogens (tertiary/aromatic N) is 3. The molecule has 1 aliphatic heterocycles. The number of nitro groups is 2. The number of non-ortho nitro benzene ring substituents is 2. The lowest BCUT2D eigenvalue weighted by molar-refractivity contribution is -0.394. The predicted molar refractivity (Wildman–Crippen MR) is 66.3 cm³/mol. The van der Waals surface area contributed by atoms with Gasteiger partial charge in [-0.2, -0.15) is 0 Å². The second-order valence-electron chi connectivity index (χ2n) is 4.45. The number of nitro benzene ring substituents is 2. The molecule has 1 unspecified atom stereocenters. The molecular formula is C11H11N3O6. The minimum atomic E-state index is -0.789. The molecule has 1 amide bonds. The predicted octanol–water partition coefficient (Wildman–Crippen LogP) is 0.710. The van der Waals surface area contributed by atoms with Crippen molar-refractivity contribution in [3.05, 3.63) is 44.0 Å². The van der Waals surface area contributed by atoms with Crippen LogP contribution in [0, 0.1) is 20.2 Å². The van der Waals surface area contributed by atoms with Crippen LogP contribution in [0.3, 0.4) is 0 Å². The maximum absolute atomic E-state index is 12.1. The Morgan fingerprint density at radius 1 is 1.20 bits per heavy atom. The van der Waals surface area contributed by atoms with Crippen molar-refractivity contribution in [1.82, 2.24) is 4.90 Å². The Hall–Kier alpha value is -2.55. The van der Waals surface area contributed by atoms with Crippen LogP contribution in [0.2, 0.25) is 0 Å². The van der Waals surface area contributed by atoms with Crippen LogP contribution in [-0.4, -0.2) is 45.0 Å². The molecule has 0 radical (unpaired) electrons. The summed E-state index contributed by atoms with van der Waals surface area (Å²) in [4.78, 5) is 33.3. The Bertz CT molecular complexity index is 555. The van der Waals surface area contributed by atoms with Crippen molar-refractivity contribution in [3.63, 3.8) is 0 Å². The summed E-state index contributed by atoms with van der Waals surface area (Å²) in [5.41, 5.74) is -1.15. The third-order valence-electron chi connectivity index (χ3n) is 3.02. The SMILES string of the molecule is O=C(c1cc([N+](=O)[O-])cc([N+](=O)[O-])c1)N1CCC(O)C1. The summed E-state index contributed by atoms with van der Waals surface area (Å²) in [6.45, 7) is 0.436. The summed E-state index contributed by atoms with van der Waals surface area (Å²) in [5.74, 6) is -0.562. The van der Waals surface area contributed by atoms with E-state index in [2.05, 4.69) is 0 Å². The van der Waals surface area contributed by atoms with E-state index in [0.29, 0.717) is 13.0 Å². The van der Waals surface area contributed by atoms with E-state index in [4.69, 9.17) is 0 Å². The number of likely N-dealkylation sites (tertiary alicyclic amines) is 1. The van der Waals surface area contributed by atoms with Crippen molar-refractivity contribution in [2.75, 3.05) is 13.1 Å². The summed E-state index contributed by atoms with van der Waals surface area (Å²) in [5, 5.41) is 30.9. The van der Waals surface area contributed by atoms with E-state index < -0.39 is 33.2 Å². The molecule has 0 saturated carbocycles. The first-order valence-corrected chi connectivity index (χ1v) is 5.79. The Morgan fingerprint density at radius 3 is 2.15 bits per heavy atom. The third kappa shape index (κ3) is 2.72. The van der Waals surface area contributed by atoms with Crippen LogP contribution >= 0.6 is 0 Å². The highest BCUT2D eigenvalue weighted by Gasteiger charge is 2.28. The molecule has 20 heavy (non-hydrogen) atoms. The molecule has 1 aliphatic rings. The molecular weight excluding hydrogens is 270 g/mol. The Kier molecular flexibility index (Phi) is 3.61. The minimum Gasteiger partial charge on any atom is -0.391 e. The maximum Gasteiger partial charge on any atom is 0.277 e. The lowest BCUT2D eigenvalue weighted by Crippen LogP contribution is -2.29. The van der Waals surface area contributed by atoms with Gasteiger partial charge < -0.3 is 10.0 Å². The molecule has 1 aromatic rings. The second-order valence-corrected chi connectivity index (χ2v) is 4.45. The van der Waals surface area contributed by atoms with E-state index >= 15 is 0 Å². The van der Waals surface area contributed by atoms with Crippen LogP contribution in [0.25, 0.3) is 0 Å². The number of carbonyl (C=O) groups excluding carboxylic acids is 1. The highest BCUT2D eigenvalue weighted by molar-refractivity contribution is 5.95. The molecule has 9 nitrogen and oxygen atoms in total. The average Bonchev–Trinajstić information content (AvgIpc) is 2.83.